The molecule has 0 amide bonds. The van der Waals surface area contributed by atoms with E-state index in [-0.39, 0.29) is 28.4 Å². The maximum Gasteiger partial charge on any atom is 0.252 e. The molecule has 2 aliphatic carbocycles. The predicted octanol–water partition coefficient (Wildman–Crippen LogP) is 29.0. The molecule has 0 N–H and O–H groups in total. The average Bonchev–Trinajstić information content (AvgIpc) is 0.867. The summed E-state index contributed by atoms with van der Waals surface area (Å²) >= 11 is 0. The maximum absolute atomic E-state index is 2.64. The second-order valence-corrected chi connectivity index (χ2v) is 37.4. The number of hydrogen-bond donors (Lipinski definition) is 0. The number of hydrogen-bond acceptors (Lipinski definition) is 2. The Kier molecular flexibility index (Phi) is 15.7. The molecular formula is C116H90BN5. The third-order valence-corrected chi connectivity index (χ3v) is 28.0. The molecule has 17 aromatic carbocycles. The summed E-state index contributed by atoms with van der Waals surface area (Å²) < 4.78 is 7.62. The molecule has 24 rings (SSSR count). The summed E-state index contributed by atoms with van der Waals surface area (Å²) in [6.07, 6.45) is 2.22. The number of fused-ring (bicyclic) bond motifs is 15. The van der Waals surface area contributed by atoms with Crippen molar-refractivity contribution in [1.29, 1.82) is 0 Å². The quantitative estimate of drug-likeness (QED) is 0.120. The number of para-hydroxylation sites is 2. The number of aromatic nitrogens is 3. The molecule has 0 saturated carbocycles. The van der Waals surface area contributed by atoms with E-state index in [1.165, 1.54) is 138 Å². The molecular weight excluding hydrogens is 1470 g/mol. The lowest BCUT2D eigenvalue weighted by Gasteiger charge is -2.44. The van der Waals surface area contributed by atoms with Crippen molar-refractivity contribution in [2.45, 2.75) is 89.9 Å². The molecule has 0 saturated heterocycles. The van der Waals surface area contributed by atoms with Crippen LogP contribution in [0.1, 0.15) is 90.5 Å². The molecule has 0 fully saturated rings. The van der Waals surface area contributed by atoms with E-state index in [1.54, 1.807) is 0 Å². The van der Waals surface area contributed by atoms with Gasteiger partial charge in [0.1, 0.15) is 0 Å². The average molecular weight is 1560 g/mol. The Morgan fingerprint density at radius 3 is 0.811 bits per heavy atom. The van der Waals surface area contributed by atoms with E-state index in [4.69, 9.17) is 0 Å². The zero-order chi connectivity index (χ0) is 81.8. The van der Waals surface area contributed by atoms with E-state index in [1.807, 2.05) is 0 Å². The Bertz CT molecular complexity index is 7090. The normalized spacial score (nSPS) is 15.0. The van der Waals surface area contributed by atoms with Crippen molar-refractivity contribution >= 4 is 123 Å². The van der Waals surface area contributed by atoms with Crippen LogP contribution in [0.25, 0.3) is 149 Å². The SMILES string of the molecule is CC1(C)CC(C)(C)c2cc(-c3ccc(N4c5cc(-n6c7ccc(-c8ccccc8)cc7c7cc(-c8ccccc8)ccc76)ccc5B5c6ccc(-n7c8ccc(-c9ccccc9)cc8c8cc(-c9ccccc9)ccc87)cc6N(c6ccc(-c7ccc8c(c7)C(C)(C)CC8(C)C)cc6)c6cc(-n7c8ccccc8c8ccccc87)cc4c65)cc3)ccc21. The number of anilines is 6. The molecule has 0 bridgehead atoms. The Morgan fingerprint density at radius 2 is 0.459 bits per heavy atom. The van der Waals surface area contributed by atoms with Gasteiger partial charge < -0.3 is 23.5 Å². The molecule has 0 radical (unpaired) electrons. The number of rotatable bonds is 11. The van der Waals surface area contributed by atoms with Gasteiger partial charge in [0.05, 0.1) is 38.8 Å². The van der Waals surface area contributed by atoms with Gasteiger partial charge >= 0.3 is 0 Å². The zero-order valence-corrected chi connectivity index (χ0v) is 70.0. The minimum atomic E-state index is -0.246. The van der Waals surface area contributed by atoms with Crippen molar-refractivity contribution in [1.82, 2.24) is 13.7 Å². The third-order valence-electron chi connectivity index (χ3n) is 28.0. The van der Waals surface area contributed by atoms with Gasteiger partial charge in [0.15, 0.2) is 0 Å². The molecule has 582 valence electrons. The molecule has 5 heterocycles. The highest BCUT2D eigenvalue weighted by Gasteiger charge is 2.47. The van der Waals surface area contributed by atoms with Gasteiger partial charge in [-0.1, -0.05) is 310 Å². The zero-order valence-electron chi connectivity index (χ0n) is 70.0. The van der Waals surface area contributed by atoms with Crippen LogP contribution < -0.4 is 26.2 Å². The molecule has 4 aliphatic rings. The van der Waals surface area contributed by atoms with Crippen LogP contribution in [0.3, 0.4) is 0 Å². The van der Waals surface area contributed by atoms with Crippen LogP contribution in [0.2, 0.25) is 0 Å². The Morgan fingerprint density at radius 1 is 0.197 bits per heavy atom. The molecule has 0 atom stereocenters. The fraction of sp³-hybridized carbons (Fsp3) is 0.121. The van der Waals surface area contributed by atoms with Gasteiger partial charge in [-0.3, -0.25) is 0 Å². The van der Waals surface area contributed by atoms with Crippen LogP contribution in [0.5, 0.6) is 0 Å². The first-order valence-corrected chi connectivity index (χ1v) is 43.4. The first-order chi connectivity index (χ1) is 59.4. The predicted molar refractivity (Wildman–Crippen MR) is 517 cm³/mol. The van der Waals surface area contributed by atoms with Crippen LogP contribution in [-0.4, -0.2) is 20.4 Å². The summed E-state index contributed by atoms with van der Waals surface area (Å²) in [5, 5.41) is 7.24. The van der Waals surface area contributed by atoms with Crippen LogP contribution in [0.4, 0.5) is 34.1 Å². The largest absolute Gasteiger partial charge is 0.311 e. The van der Waals surface area contributed by atoms with Crippen LogP contribution in [0.15, 0.2) is 376 Å². The van der Waals surface area contributed by atoms with Gasteiger partial charge in [-0.05, 0) is 261 Å². The third kappa shape index (κ3) is 11.1. The smallest absolute Gasteiger partial charge is 0.252 e. The monoisotopic (exact) mass is 1560 g/mol. The fourth-order valence-electron chi connectivity index (χ4n) is 22.9. The van der Waals surface area contributed by atoms with E-state index in [2.05, 4.69) is 455 Å². The molecule has 122 heavy (non-hydrogen) atoms. The molecule has 6 heteroatoms. The molecule has 2 aliphatic heterocycles. The van der Waals surface area contributed by atoms with E-state index in [9.17, 15) is 0 Å². The van der Waals surface area contributed by atoms with E-state index in [0.717, 1.165) is 97.1 Å². The Balaban J connectivity index is 0.786. The minimum absolute atomic E-state index is 0.0459. The second kappa shape index (κ2) is 26.7. The van der Waals surface area contributed by atoms with Crippen molar-refractivity contribution in [3.63, 3.8) is 0 Å². The highest BCUT2D eigenvalue weighted by molar-refractivity contribution is 7.00. The highest BCUT2D eigenvalue weighted by atomic mass is 15.2. The second-order valence-electron chi connectivity index (χ2n) is 37.4. The van der Waals surface area contributed by atoms with Gasteiger partial charge in [-0.15, -0.1) is 0 Å². The minimum Gasteiger partial charge on any atom is -0.311 e. The lowest BCUT2D eigenvalue weighted by Crippen LogP contribution is -2.61. The van der Waals surface area contributed by atoms with E-state index < -0.39 is 0 Å². The van der Waals surface area contributed by atoms with Crippen molar-refractivity contribution in [2.24, 2.45) is 0 Å². The van der Waals surface area contributed by atoms with Gasteiger partial charge in [0.25, 0.3) is 6.71 Å². The highest BCUT2D eigenvalue weighted by Crippen LogP contribution is 2.55. The molecule has 0 unspecified atom stereocenters. The summed E-state index contributed by atoms with van der Waals surface area (Å²) in [5.74, 6) is 0. The Hall–Kier alpha value is -14.2. The first-order valence-electron chi connectivity index (χ1n) is 43.4. The van der Waals surface area contributed by atoms with E-state index in [0.29, 0.717) is 0 Å². The van der Waals surface area contributed by atoms with Crippen molar-refractivity contribution in [3.05, 3.63) is 398 Å². The summed E-state index contributed by atoms with van der Waals surface area (Å²) in [5.41, 5.74) is 40.9. The molecule has 0 spiro atoms. The lowest BCUT2D eigenvalue weighted by atomic mass is 9.33. The van der Waals surface area contributed by atoms with Crippen LogP contribution in [-0.2, 0) is 21.7 Å². The summed E-state index contributed by atoms with van der Waals surface area (Å²) in [4.78, 5) is 5.28. The number of nitrogens with zero attached hydrogens (tertiary/aromatic N) is 5. The van der Waals surface area contributed by atoms with Crippen molar-refractivity contribution in [3.8, 4) is 83.8 Å². The van der Waals surface area contributed by atoms with Gasteiger partial charge in [-0.25, -0.2) is 0 Å². The van der Waals surface area contributed by atoms with Gasteiger partial charge in [0, 0.05) is 77.8 Å². The van der Waals surface area contributed by atoms with Gasteiger partial charge in [0.2, 0.25) is 0 Å². The van der Waals surface area contributed by atoms with Crippen LogP contribution >= 0.6 is 0 Å². The first kappa shape index (κ1) is 71.9. The van der Waals surface area contributed by atoms with E-state index >= 15 is 0 Å². The molecule has 20 aromatic rings. The summed E-state index contributed by atoms with van der Waals surface area (Å²) in [7, 11) is 0. The van der Waals surface area contributed by atoms with Crippen molar-refractivity contribution in [2.75, 3.05) is 9.80 Å². The van der Waals surface area contributed by atoms with Gasteiger partial charge in [-0.2, -0.15) is 0 Å². The Labute approximate surface area is 713 Å². The topological polar surface area (TPSA) is 21.3 Å². The maximum atomic E-state index is 2.64. The van der Waals surface area contributed by atoms with Crippen molar-refractivity contribution < 1.29 is 0 Å². The standard InChI is InChI=1S/C116H90BN5/c1-113(2)71-115(5,6)98-65-83(41-53-96(98)113)77-37-47-85(48-38-77)118-108-67-87(120-104-57-43-79(73-25-13-9-14-26-73)61-92(104)93-62-80(44-58-105(93)120)74-27-15-10-16-28-74)51-55-100(108)117-101-56-52-88(121-106-59-45-81(75-29-17-11-18-30-75)63-94(106)95-64-82(46-60-107(95)121)76-31-19-12-20-32-76)68-109(101)119(86-49-39-78(40-50-86)84-42-54-97-99(66-84)116(7,8)72-114(97,3)4)111-70-89(69-110(118)112(111)117)122-102-35-23-21-33-90(102)91-34-22-24-36-103(91)122/h9-70H,71-72H2,1-8H3. The summed E-state index contributed by atoms with van der Waals surface area (Å²) in [6.45, 7) is 19.1. The number of benzene rings is 17. The summed E-state index contributed by atoms with van der Waals surface area (Å²) in [6, 6.07) is 144. The molecule has 3 aromatic heterocycles. The fourth-order valence-corrected chi connectivity index (χ4v) is 22.9. The van der Waals surface area contributed by atoms with Crippen LogP contribution in [0, 0.1) is 0 Å². The molecule has 5 nitrogen and oxygen atoms in total. The lowest BCUT2D eigenvalue weighted by molar-refractivity contribution is 0.402.